The summed E-state index contributed by atoms with van der Waals surface area (Å²) >= 11 is 5.84. The molecule has 1 aromatic carbocycles. The van der Waals surface area contributed by atoms with Crippen molar-refractivity contribution in [2.45, 2.75) is 26.9 Å². The van der Waals surface area contributed by atoms with Gasteiger partial charge in [-0.3, -0.25) is 0 Å². The lowest BCUT2D eigenvalue weighted by Gasteiger charge is -2.07. The highest BCUT2D eigenvalue weighted by Crippen LogP contribution is 2.12. The van der Waals surface area contributed by atoms with Gasteiger partial charge in [0.05, 0.1) is 5.69 Å². The SMILES string of the molecule is CCn1cc(C)nc1NCc1ccc(Cl)cc1. The monoisotopic (exact) mass is 249 g/mol. The summed E-state index contributed by atoms with van der Waals surface area (Å²) in [5, 5.41) is 4.09. The molecule has 90 valence electrons. The third-order valence-corrected chi connectivity index (χ3v) is 2.85. The highest BCUT2D eigenvalue weighted by Gasteiger charge is 2.03. The Bertz CT molecular complexity index is 488. The van der Waals surface area contributed by atoms with Crippen LogP contribution in [-0.4, -0.2) is 9.55 Å². The Balaban J connectivity index is 2.04. The van der Waals surface area contributed by atoms with E-state index in [-0.39, 0.29) is 0 Å². The first-order chi connectivity index (χ1) is 8.19. The van der Waals surface area contributed by atoms with E-state index in [1.165, 1.54) is 5.56 Å². The Hall–Kier alpha value is -1.48. The molecule has 0 spiro atoms. The summed E-state index contributed by atoms with van der Waals surface area (Å²) in [5.74, 6) is 0.917. The zero-order valence-electron chi connectivity index (χ0n) is 10.1. The first-order valence-electron chi connectivity index (χ1n) is 5.71. The molecule has 1 heterocycles. The van der Waals surface area contributed by atoms with Crippen molar-refractivity contribution in [2.75, 3.05) is 5.32 Å². The van der Waals surface area contributed by atoms with Gasteiger partial charge in [0.1, 0.15) is 0 Å². The van der Waals surface area contributed by atoms with Gasteiger partial charge in [-0.15, -0.1) is 0 Å². The van der Waals surface area contributed by atoms with Gasteiger partial charge in [-0.25, -0.2) is 4.98 Å². The van der Waals surface area contributed by atoms with E-state index in [1.807, 2.05) is 37.4 Å². The number of anilines is 1. The van der Waals surface area contributed by atoms with Gasteiger partial charge in [0.15, 0.2) is 0 Å². The van der Waals surface area contributed by atoms with E-state index in [9.17, 15) is 0 Å². The highest BCUT2D eigenvalue weighted by molar-refractivity contribution is 6.30. The van der Waals surface area contributed by atoms with Crippen LogP contribution >= 0.6 is 11.6 Å². The van der Waals surface area contributed by atoms with Gasteiger partial charge in [0, 0.05) is 24.3 Å². The number of halogens is 1. The lowest BCUT2D eigenvalue weighted by atomic mass is 10.2. The van der Waals surface area contributed by atoms with E-state index >= 15 is 0 Å². The van der Waals surface area contributed by atoms with Crippen LogP contribution in [0.4, 0.5) is 5.95 Å². The molecule has 2 rings (SSSR count). The Morgan fingerprint density at radius 2 is 2.00 bits per heavy atom. The van der Waals surface area contributed by atoms with E-state index < -0.39 is 0 Å². The standard InChI is InChI=1S/C13H16ClN3/c1-3-17-9-10(2)16-13(17)15-8-11-4-6-12(14)7-5-11/h4-7,9H,3,8H2,1-2H3,(H,15,16). The fraction of sp³-hybridized carbons (Fsp3) is 0.308. The molecular weight excluding hydrogens is 234 g/mol. The highest BCUT2D eigenvalue weighted by atomic mass is 35.5. The molecule has 0 amide bonds. The second-order valence-electron chi connectivity index (χ2n) is 3.97. The summed E-state index contributed by atoms with van der Waals surface area (Å²) in [6, 6.07) is 7.83. The van der Waals surface area contributed by atoms with Crippen molar-refractivity contribution in [1.82, 2.24) is 9.55 Å². The third-order valence-electron chi connectivity index (χ3n) is 2.60. The van der Waals surface area contributed by atoms with Gasteiger partial charge in [0.25, 0.3) is 0 Å². The van der Waals surface area contributed by atoms with E-state index in [2.05, 4.69) is 21.8 Å². The fourth-order valence-electron chi connectivity index (χ4n) is 1.71. The van der Waals surface area contributed by atoms with Crippen molar-refractivity contribution in [3.8, 4) is 0 Å². The van der Waals surface area contributed by atoms with Gasteiger partial charge >= 0.3 is 0 Å². The van der Waals surface area contributed by atoms with E-state index in [1.54, 1.807) is 0 Å². The maximum Gasteiger partial charge on any atom is 0.203 e. The number of aromatic nitrogens is 2. The van der Waals surface area contributed by atoms with Gasteiger partial charge in [0.2, 0.25) is 5.95 Å². The number of nitrogens with zero attached hydrogens (tertiary/aromatic N) is 2. The Labute approximate surface area is 106 Å². The molecule has 0 unspecified atom stereocenters. The van der Waals surface area contributed by atoms with Crippen molar-refractivity contribution < 1.29 is 0 Å². The predicted octanol–water partition coefficient (Wildman–Crippen LogP) is 3.48. The Morgan fingerprint density at radius 1 is 1.29 bits per heavy atom. The van der Waals surface area contributed by atoms with E-state index in [4.69, 9.17) is 11.6 Å². The number of benzene rings is 1. The third kappa shape index (κ3) is 3.01. The Kier molecular flexibility index (Phi) is 3.69. The molecule has 0 fully saturated rings. The van der Waals surface area contributed by atoms with Crippen molar-refractivity contribution >= 4 is 17.5 Å². The van der Waals surface area contributed by atoms with Crippen LogP contribution in [0.2, 0.25) is 5.02 Å². The number of hydrogen-bond donors (Lipinski definition) is 1. The van der Waals surface area contributed by atoms with Crippen molar-refractivity contribution in [3.05, 3.63) is 46.7 Å². The minimum absolute atomic E-state index is 0.758. The van der Waals surface area contributed by atoms with Gasteiger partial charge in [-0.2, -0.15) is 0 Å². The summed E-state index contributed by atoms with van der Waals surface area (Å²) < 4.78 is 2.10. The minimum Gasteiger partial charge on any atom is -0.352 e. The summed E-state index contributed by atoms with van der Waals surface area (Å²) in [6.45, 7) is 5.78. The molecular formula is C13H16ClN3. The van der Waals surface area contributed by atoms with Gasteiger partial charge in [-0.05, 0) is 31.5 Å². The first kappa shape index (κ1) is 12.0. The molecule has 0 saturated carbocycles. The summed E-state index contributed by atoms with van der Waals surface area (Å²) in [5.41, 5.74) is 2.23. The molecule has 0 bridgehead atoms. The molecule has 1 aromatic heterocycles. The molecule has 0 saturated heterocycles. The number of rotatable bonds is 4. The second-order valence-corrected chi connectivity index (χ2v) is 4.41. The number of hydrogen-bond acceptors (Lipinski definition) is 2. The van der Waals surface area contributed by atoms with Gasteiger partial charge < -0.3 is 9.88 Å². The summed E-state index contributed by atoms with van der Waals surface area (Å²) in [4.78, 5) is 4.44. The second kappa shape index (κ2) is 5.23. The average molecular weight is 250 g/mol. The minimum atomic E-state index is 0.758. The topological polar surface area (TPSA) is 29.9 Å². The lowest BCUT2D eigenvalue weighted by molar-refractivity contribution is 0.763. The lowest BCUT2D eigenvalue weighted by Crippen LogP contribution is -2.06. The van der Waals surface area contributed by atoms with Crippen LogP contribution in [0.25, 0.3) is 0 Å². The molecule has 1 N–H and O–H groups in total. The quantitative estimate of drug-likeness (QED) is 0.899. The van der Waals surface area contributed by atoms with Crippen molar-refractivity contribution in [2.24, 2.45) is 0 Å². The van der Waals surface area contributed by atoms with Crippen molar-refractivity contribution in [3.63, 3.8) is 0 Å². The molecule has 0 radical (unpaired) electrons. The van der Waals surface area contributed by atoms with Crippen LogP contribution in [0, 0.1) is 6.92 Å². The average Bonchev–Trinajstić information content (AvgIpc) is 2.69. The van der Waals surface area contributed by atoms with Crippen LogP contribution < -0.4 is 5.32 Å². The molecule has 2 aromatic rings. The summed E-state index contributed by atoms with van der Waals surface area (Å²) in [7, 11) is 0. The van der Waals surface area contributed by atoms with Crippen molar-refractivity contribution in [1.29, 1.82) is 0 Å². The maximum atomic E-state index is 5.84. The van der Waals surface area contributed by atoms with Crippen LogP contribution in [0.1, 0.15) is 18.2 Å². The van der Waals surface area contributed by atoms with E-state index in [0.29, 0.717) is 0 Å². The zero-order chi connectivity index (χ0) is 12.3. The molecule has 3 nitrogen and oxygen atoms in total. The predicted molar refractivity (Wildman–Crippen MR) is 71.4 cm³/mol. The molecule has 17 heavy (non-hydrogen) atoms. The molecule has 0 aliphatic heterocycles. The van der Waals surface area contributed by atoms with Crippen LogP contribution in [-0.2, 0) is 13.1 Å². The van der Waals surface area contributed by atoms with Crippen LogP contribution in [0.3, 0.4) is 0 Å². The van der Waals surface area contributed by atoms with E-state index in [0.717, 1.165) is 29.8 Å². The maximum absolute atomic E-state index is 5.84. The number of nitrogens with one attached hydrogen (secondary N) is 1. The molecule has 4 heteroatoms. The largest absolute Gasteiger partial charge is 0.352 e. The van der Waals surface area contributed by atoms with Crippen LogP contribution in [0.5, 0.6) is 0 Å². The number of imidazole rings is 1. The fourth-order valence-corrected chi connectivity index (χ4v) is 1.84. The zero-order valence-corrected chi connectivity index (χ0v) is 10.8. The molecule has 0 aliphatic rings. The number of aryl methyl sites for hydroxylation is 2. The van der Waals surface area contributed by atoms with Gasteiger partial charge in [-0.1, -0.05) is 23.7 Å². The molecule has 0 atom stereocenters. The smallest absolute Gasteiger partial charge is 0.203 e. The molecule has 0 aliphatic carbocycles. The first-order valence-corrected chi connectivity index (χ1v) is 6.09. The normalized spacial score (nSPS) is 10.5. The summed E-state index contributed by atoms with van der Waals surface area (Å²) in [6.07, 6.45) is 2.05. The Morgan fingerprint density at radius 3 is 2.65 bits per heavy atom. The van der Waals surface area contributed by atoms with Crippen LogP contribution in [0.15, 0.2) is 30.5 Å².